The number of carbonyl (C=O) groups is 1. The summed E-state index contributed by atoms with van der Waals surface area (Å²) in [6.07, 6.45) is 0.809. The van der Waals surface area contributed by atoms with Crippen LogP contribution in [0.25, 0.3) is 0 Å². The van der Waals surface area contributed by atoms with Crippen LogP contribution in [0.15, 0.2) is 60.7 Å². The fourth-order valence-electron chi connectivity index (χ4n) is 4.10. The molecule has 0 fully saturated rings. The van der Waals surface area contributed by atoms with E-state index in [1.807, 2.05) is 12.1 Å². The first kappa shape index (κ1) is 20.8. The van der Waals surface area contributed by atoms with Gasteiger partial charge in [0.25, 0.3) is 0 Å². The molecule has 0 saturated carbocycles. The molecule has 1 aliphatic rings. The van der Waals surface area contributed by atoms with Gasteiger partial charge in [-0.1, -0.05) is 24.3 Å². The normalized spacial score (nSPS) is 15.4. The Bertz CT molecular complexity index is 1080. The van der Waals surface area contributed by atoms with Crippen molar-refractivity contribution in [3.63, 3.8) is 0 Å². The van der Waals surface area contributed by atoms with Crippen LogP contribution in [0, 0.1) is 11.6 Å². The molecule has 0 unspecified atom stereocenters. The van der Waals surface area contributed by atoms with Crippen molar-refractivity contribution in [2.24, 2.45) is 0 Å². The van der Waals surface area contributed by atoms with Gasteiger partial charge in [0.05, 0.1) is 26.7 Å². The summed E-state index contributed by atoms with van der Waals surface area (Å²) in [5, 5.41) is 0. The van der Waals surface area contributed by atoms with Crippen molar-refractivity contribution in [2.45, 2.75) is 18.9 Å². The number of amides is 1. The number of hydrogen-bond acceptors (Lipinski definition) is 3. The lowest BCUT2D eigenvalue weighted by atomic mass is 9.87. The molecule has 0 N–H and O–H groups in total. The molecule has 0 saturated heterocycles. The Hall–Kier alpha value is -3.41. The second-order valence-electron chi connectivity index (χ2n) is 7.50. The highest BCUT2D eigenvalue weighted by Crippen LogP contribution is 2.41. The molecule has 1 atom stereocenters. The minimum absolute atomic E-state index is 0.0821. The van der Waals surface area contributed by atoms with E-state index in [2.05, 4.69) is 0 Å². The Labute approximate surface area is 180 Å². The van der Waals surface area contributed by atoms with E-state index in [-0.39, 0.29) is 24.0 Å². The highest BCUT2D eigenvalue weighted by molar-refractivity contribution is 5.80. The van der Waals surface area contributed by atoms with Crippen LogP contribution in [0.4, 0.5) is 8.78 Å². The van der Waals surface area contributed by atoms with Crippen molar-refractivity contribution < 1.29 is 23.0 Å². The van der Waals surface area contributed by atoms with Gasteiger partial charge in [0, 0.05) is 6.54 Å². The topological polar surface area (TPSA) is 38.8 Å². The quantitative estimate of drug-likeness (QED) is 0.597. The highest BCUT2D eigenvalue weighted by atomic mass is 19.1. The van der Waals surface area contributed by atoms with Crippen molar-refractivity contribution in [3.05, 3.63) is 94.6 Å². The van der Waals surface area contributed by atoms with Gasteiger partial charge >= 0.3 is 0 Å². The molecule has 1 aliphatic heterocycles. The average molecular weight is 423 g/mol. The minimum Gasteiger partial charge on any atom is -0.493 e. The van der Waals surface area contributed by atoms with E-state index >= 15 is 0 Å². The van der Waals surface area contributed by atoms with Gasteiger partial charge in [-0.25, -0.2) is 8.78 Å². The Morgan fingerprint density at radius 2 is 1.52 bits per heavy atom. The predicted molar refractivity (Wildman–Crippen MR) is 113 cm³/mol. The summed E-state index contributed by atoms with van der Waals surface area (Å²) in [6, 6.07) is 15.6. The molecule has 0 aliphatic carbocycles. The monoisotopic (exact) mass is 423 g/mol. The number of rotatable bonds is 5. The third-order valence-corrected chi connectivity index (χ3v) is 5.65. The molecule has 3 aromatic carbocycles. The molecule has 0 spiro atoms. The third-order valence-electron chi connectivity index (χ3n) is 5.65. The maximum atomic E-state index is 13.6. The molecule has 31 heavy (non-hydrogen) atoms. The fraction of sp³-hybridized carbons (Fsp3) is 0.240. The van der Waals surface area contributed by atoms with E-state index in [1.165, 1.54) is 24.3 Å². The molecule has 0 aromatic heterocycles. The fourth-order valence-corrected chi connectivity index (χ4v) is 4.10. The summed E-state index contributed by atoms with van der Waals surface area (Å²) in [5.74, 6) is 0.442. The average Bonchev–Trinajstić information content (AvgIpc) is 2.79. The highest BCUT2D eigenvalue weighted by Gasteiger charge is 2.33. The first-order valence-corrected chi connectivity index (χ1v) is 10.0. The first-order valence-electron chi connectivity index (χ1n) is 10.0. The van der Waals surface area contributed by atoms with E-state index in [9.17, 15) is 13.6 Å². The number of nitrogens with zero attached hydrogens (tertiary/aromatic N) is 1. The largest absolute Gasteiger partial charge is 0.493 e. The Morgan fingerprint density at radius 1 is 0.935 bits per heavy atom. The molecule has 6 heteroatoms. The van der Waals surface area contributed by atoms with Crippen molar-refractivity contribution in [3.8, 4) is 11.5 Å². The summed E-state index contributed by atoms with van der Waals surface area (Å²) in [6.45, 7) is 0.505. The molecular formula is C25H23F2NO3. The lowest BCUT2D eigenvalue weighted by molar-refractivity contribution is -0.132. The van der Waals surface area contributed by atoms with Crippen molar-refractivity contribution >= 4 is 5.91 Å². The summed E-state index contributed by atoms with van der Waals surface area (Å²) in [4.78, 5) is 15.1. The molecule has 160 valence electrons. The van der Waals surface area contributed by atoms with Gasteiger partial charge in [0.1, 0.15) is 11.6 Å². The Balaban J connectivity index is 1.75. The molecule has 3 aromatic rings. The van der Waals surface area contributed by atoms with Gasteiger partial charge in [-0.3, -0.25) is 4.79 Å². The molecule has 4 rings (SSSR count). The van der Waals surface area contributed by atoms with Gasteiger partial charge in [0.15, 0.2) is 11.5 Å². The van der Waals surface area contributed by atoms with E-state index in [0.29, 0.717) is 24.5 Å². The zero-order valence-corrected chi connectivity index (χ0v) is 17.4. The second kappa shape index (κ2) is 8.76. The lowest BCUT2D eigenvalue weighted by Crippen LogP contribution is -2.41. The van der Waals surface area contributed by atoms with Crippen LogP contribution in [0.2, 0.25) is 0 Å². The lowest BCUT2D eigenvalue weighted by Gasteiger charge is -2.38. The van der Waals surface area contributed by atoms with Crippen LogP contribution in [0.3, 0.4) is 0 Å². The van der Waals surface area contributed by atoms with Gasteiger partial charge in [-0.05, 0) is 65.1 Å². The zero-order valence-electron chi connectivity index (χ0n) is 17.4. The van der Waals surface area contributed by atoms with Crippen molar-refractivity contribution in [1.82, 2.24) is 4.90 Å². The number of hydrogen-bond donors (Lipinski definition) is 0. The molecular weight excluding hydrogens is 400 g/mol. The Morgan fingerprint density at radius 3 is 2.13 bits per heavy atom. The van der Waals surface area contributed by atoms with Crippen molar-refractivity contribution in [2.75, 3.05) is 20.8 Å². The van der Waals surface area contributed by atoms with Crippen LogP contribution in [-0.2, 0) is 17.6 Å². The number of fused-ring (bicyclic) bond motifs is 1. The number of benzene rings is 3. The number of carbonyl (C=O) groups excluding carboxylic acids is 1. The molecule has 0 bridgehead atoms. The SMILES string of the molecule is COc1cc2c(cc1OC)[C@H](c1ccc(F)cc1)N(C(=O)Cc1ccc(F)cc1)CC2. The van der Waals surface area contributed by atoms with Crippen LogP contribution in [0.5, 0.6) is 11.5 Å². The standard InChI is InChI=1S/C25H23F2NO3/c1-30-22-14-18-11-12-28(24(29)13-16-3-7-19(26)8-4-16)25(21(18)15-23(22)31-2)17-5-9-20(27)10-6-17/h3-10,14-15,25H,11-13H2,1-2H3/t25-/m0/s1. The number of halogens is 2. The molecule has 4 nitrogen and oxygen atoms in total. The molecule has 1 amide bonds. The second-order valence-corrected chi connectivity index (χ2v) is 7.50. The number of methoxy groups -OCH3 is 2. The maximum Gasteiger partial charge on any atom is 0.227 e. The zero-order chi connectivity index (χ0) is 22.0. The van der Waals surface area contributed by atoms with E-state index in [0.717, 1.165) is 22.3 Å². The molecule has 1 heterocycles. The van der Waals surface area contributed by atoms with E-state index in [4.69, 9.17) is 9.47 Å². The van der Waals surface area contributed by atoms with Gasteiger partial charge in [-0.15, -0.1) is 0 Å². The summed E-state index contributed by atoms with van der Waals surface area (Å²) in [7, 11) is 3.15. The third kappa shape index (κ3) is 4.24. The predicted octanol–water partition coefficient (Wildman–Crippen LogP) is 4.70. The van der Waals surface area contributed by atoms with Crippen LogP contribution < -0.4 is 9.47 Å². The van der Waals surface area contributed by atoms with Gasteiger partial charge in [-0.2, -0.15) is 0 Å². The smallest absolute Gasteiger partial charge is 0.227 e. The van der Waals surface area contributed by atoms with Crippen LogP contribution >= 0.6 is 0 Å². The first-order chi connectivity index (χ1) is 15.0. The van der Waals surface area contributed by atoms with E-state index in [1.54, 1.807) is 43.4 Å². The summed E-state index contributed by atoms with van der Waals surface area (Å²) >= 11 is 0. The van der Waals surface area contributed by atoms with Gasteiger partial charge < -0.3 is 14.4 Å². The summed E-state index contributed by atoms with van der Waals surface area (Å²) < 4.78 is 37.8. The maximum absolute atomic E-state index is 13.6. The Kier molecular flexibility index (Phi) is 5.89. The van der Waals surface area contributed by atoms with Crippen LogP contribution in [-0.4, -0.2) is 31.6 Å². The minimum atomic E-state index is -0.392. The summed E-state index contributed by atoms with van der Waals surface area (Å²) in [5.41, 5.74) is 3.52. The number of ether oxygens (including phenoxy) is 2. The van der Waals surface area contributed by atoms with E-state index < -0.39 is 6.04 Å². The van der Waals surface area contributed by atoms with Crippen LogP contribution in [0.1, 0.15) is 28.3 Å². The molecule has 0 radical (unpaired) electrons. The van der Waals surface area contributed by atoms with Gasteiger partial charge in [0.2, 0.25) is 5.91 Å². The van der Waals surface area contributed by atoms with Crippen molar-refractivity contribution in [1.29, 1.82) is 0 Å².